The fourth-order valence-corrected chi connectivity index (χ4v) is 3.29. The first-order chi connectivity index (χ1) is 10.9. The highest BCUT2D eigenvalue weighted by atomic mass is 32.2. The smallest absolute Gasteiger partial charge is 0.288 e. The fraction of sp³-hybridized carbons (Fsp3) is 0.400. The summed E-state index contributed by atoms with van der Waals surface area (Å²) in [7, 11) is 0. The van der Waals surface area contributed by atoms with Crippen molar-refractivity contribution in [2.45, 2.75) is 36.2 Å². The van der Waals surface area contributed by atoms with Crippen molar-refractivity contribution in [3.05, 3.63) is 29.8 Å². The van der Waals surface area contributed by atoms with Gasteiger partial charge in [-0.2, -0.15) is 13.9 Å². The van der Waals surface area contributed by atoms with Crippen LogP contribution in [0.1, 0.15) is 19.4 Å². The molecule has 0 aromatic heterocycles. The zero-order valence-corrected chi connectivity index (χ0v) is 14.3. The lowest BCUT2D eigenvalue weighted by Gasteiger charge is -2.06. The average Bonchev–Trinajstić information content (AvgIpc) is 2.80. The van der Waals surface area contributed by atoms with E-state index in [2.05, 4.69) is 15.5 Å². The predicted molar refractivity (Wildman–Crippen MR) is 92.3 cm³/mol. The predicted octanol–water partition coefficient (Wildman–Crippen LogP) is 3.77. The molecular weight excluding hydrogens is 340 g/mol. The van der Waals surface area contributed by atoms with Crippen LogP contribution < -0.4 is 5.32 Å². The molecule has 1 aliphatic rings. The Morgan fingerprint density at radius 1 is 1.35 bits per heavy atom. The number of alkyl halides is 2. The van der Waals surface area contributed by atoms with Crippen LogP contribution in [0.15, 0.2) is 39.4 Å². The monoisotopic (exact) mass is 357 g/mol. The van der Waals surface area contributed by atoms with Crippen LogP contribution >= 0.6 is 23.5 Å². The third-order valence-electron chi connectivity index (χ3n) is 2.86. The van der Waals surface area contributed by atoms with Crippen LogP contribution in [0.4, 0.5) is 8.78 Å². The summed E-state index contributed by atoms with van der Waals surface area (Å²) in [5.74, 6) is -2.25. The van der Waals surface area contributed by atoms with Crippen molar-refractivity contribution in [2.24, 2.45) is 16.1 Å². The van der Waals surface area contributed by atoms with E-state index in [9.17, 15) is 13.6 Å². The summed E-state index contributed by atoms with van der Waals surface area (Å²) >= 11 is 1.84. The Bertz CT molecular complexity index is 603. The third kappa shape index (κ3) is 5.95. The number of carbonyl (C=O) groups excluding carboxylic acids is 1. The second-order valence-corrected chi connectivity index (χ2v) is 7.49. The number of nitrogens with zero attached hydrogens (tertiary/aromatic N) is 2. The third-order valence-corrected chi connectivity index (χ3v) is 4.65. The highest BCUT2D eigenvalue weighted by Crippen LogP contribution is 2.27. The summed E-state index contributed by atoms with van der Waals surface area (Å²) in [6, 6.07) is 6.83. The molecule has 1 amide bonds. The van der Waals surface area contributed by atoms with E-state index in [1.807, 2.05) is 13.8 Å². The summed E-state index contributed by atoms with van der Waals surface area (Å²) in [5, 5.41) is 10.8. The van der Waals surface area contributed by atoms with Crippen LogP contribution in [-0.2, 0) is 11.2 Å². The summed E-state index contributed by atoms with van der Waals surface area (Å²) in [4.78, 5) is 12.4. The quantitative estimate of drug-likeness (QED) is 0.479. The molecule has 1 heterocycles. The van der Waals surface area contributed by atoms with E-state index >= 15 is 0 Å². The molecule has 0 aliphatic carbocycles. The lowest BCUT2D eigenvalue weighted by atomic mass is 10.1. The Hall–Kier alpha value is -1.41. The minimum Gasteiger partial charge on any atom is -0.303 e. The molecule has 1 N–H and O–H groups in total. The lowest BCUT2D eigenvalue weighted by molar-refractivity contribution is -0.118. The van der Waals surface area contributed by atoms with Gasteiger partial charge >= 0.3 is 0 Å². The van der Waals surface area contributed by atoms with Gasteiger partial charge in [0, 0.05) is 11.1 Å². The Morgan fingerprint density at radius 3 is 2.65 bits per heavy atom. The highest BCUT2D eigenvalue weighted by molar-refractivity contribution is 8.15. The summed E-state index contributed by atoms with van der Waals surface area (Å²) in [6.07, 6.45) is 2.22. The topological polar surface area (TPSA) is 53.8 Å². The maximum atomic E-state index is 12.3. The Labute approximate surface area is 142 Å². The number of amidine groups is 1. The van der Waals surface area contributed by atoms with E-state index in [0.717, 1.165) is 5.56 Å². The van der Waals surface area contributed by atoms with Crippen molar-refractivity contribution in [1.82, 2.24) is 5.32 Å². The van der Waals surface area contributed by atoms with E-state index in [4.69, 9.17) is 0 Å². The molecular formula is C15H17F2N3OS2. The van der Waals surface area contributed by atoms with Crippen LogP contribution in [0.25, 0.3) is 0 Å². The number of amides is 1. The maximum Gasteiger partial charge on any atom is 0.288 e. The molecule has 0 spiro atoms. The number of hydrogen-bond donors (Lipinski definition) is 1. The molecule has 1 saturated heterocycles. The van der Waals surface area contributed by atoms with Crippen molar-refractivity contribution >= 4 is 40.8 Å². The second-order valence-electron chi connectivity index (χ2n) is 5.24. The molecule has 2 rings (SSSR count). The number of hydrogen-bond acceptors (Lipinski definition) is 5. The molecule has 0 unspecified atom stereocenters. The number of halogens is 2. The Balaban J connectivity index is 1.94. The van der Waals surface area contributed by atoms with Crippen LogP contribution in [0.5, 0.6) is 0 Å². The van der Waals surface area contributed by atoms with Crippen molar-refractivity contribution in [3.63, 3.8) is 0 Å². The molecule has 1 atom stereocenters. The van der Waals surface area contributed by atoms with Gasteiger partial charge in [0.2, 0.25) is 5.91 Å². The molecule has 0 radical (unpaired) electrons. The minimum atomic E-state index is -2.43. The largest absolute Gasteiger partial charge is 0.303 e. The van der Waals surface area contributed by atoms with E-state index in [1.165, 1.54) is 11.8 Å². The van der Waals surface area contributed by atoms with Gasteiger partial charge in [0.15, 0.2) is 5.17 Å². The first-order valence-corrected chi connectivity index (χ1v) is 8.82. The van der Waals surface area contributed by atoms with Gasteiger partial charge in [0.05, 0.1) is 5.25 Å². The first-order valence-electron chi connectivity index (χ1n) is 7.06. The average molecular weight is 357 g/mol. The van der Waals surface area contributed by atoms with E-state index in [1.54, 1.807) is 30.5 Å². The van der Waals surface area contributed by atoms with E-state index in [0.29, 0.717) is 34.2 Å². The van der Waals surface area contributed by atoms with Gasteiger partial charge in [-0.1, -0.05) is 49.5 Å². The van der Waals surface area contributed by atoms with E-state index < -0.39 is 5.76 Å². The highest BCUT2D eigenvalue weighted by Gasteiger charge is 2.30. The summed E-state index contributed by atoms with van der Waals surface area (Å²) < 4.78 is 24.6. The lowest BCUT2D eigenvalue weighted by Crippen LogP contribution is -2.25. The Kier molecular flexibility index (Phi) is 6.59. The van der Waals surface area contributed by atoms with Crippen molar-refractivity contribution in [2.75, 3.05) is 0 Å². The van der Waals surface area contributed by atoms with E-state index in [-0.39, 0.29) is 11.2 Å². The molecule has 8 heteroatoms. The van der Waals surface area contributed by atoms with Crippen LogP contribution in [-0.4, -0.2) is 28.3 Å². The molecule has 0 saturated carbocycles. The normalized spacial score (nSPS) is 20.2. The van der Waals surface area contributed by atoms with Gasteiger partial charge in [-0.05, 0) is 30.0 Å². The van der Waals surface area contributed by atoms with Crippen LogP contribution in [0.3, 0.4) is 0 Å². The first kappa shape index (κ1) is 17.9. The zero-order valence-electron chi connectivity index (χ0n) is 12.7. The molecule has 1 aliphatic heterocycles. The molecule has 1 fully saturated rings. The number of carbonyl (C=O) groups is 1. The number of thioether (sulfide) groups is 2. The van der Waals surface area contributed by atoms with Crippen molar-refractivity contribution in [1.29, 1.82) is 0 Å². The number of rotatable bonds is 6. The van der Waals surface area contributed by atoms with Crippen molar-refractivity contribution < 1.29 is 13.6 Å². The van der Waals surface area contributed by atoms with Gasteiger partial charge in [-0.15, -0.1) is 5.10 Å². The van der Waals surface area contributed by atoms with Crippen LogP contribution in [0, 0.1) is 5.92 Å². The van der Waals surface area contributed by atoms with Gasteiger partial charge in [-0.3, -0.25) is 4.79 Å². The standard InChI is InChI=1S/C15H17F2N3OS2/c1-9(2)8-18-20-15-19-13(21)12(23-15)7-10-3-5-11(6-4-10)22-14(16)17/h3-6,8-9,12,14H,7H2,1-2H3,(H,19,20,21)/b18-8-/t12-/m0/s1. The molecule has 0 bridgehead atoms. The summed E-state index contributed by atoms with van der Waals surface area (Å²) in [6.45, 7) is 3.98. The second kappa shape index (κ2) is 8.44. The number of nitrogens with one attached hydrogen (secondary N) is 1. The minimum absolute atomic E-state index is 0.112. The van der Waals surface area contributed by atoms with Crippen molar-refractivity contribution in [3.8, 4) is 0 Å². The zero-order chi connectivity index (χ0) is 16.8. The molecule has 4 nitrogen and oxygen atoms in total. The number of benzene rings is 1. The van der Waals surface area contributed by atoms with Gasteiger partial charge in [-0.25, -0.2) is 0 Å². The van der Waals surface area contributed by atoms with Gasteiger partial charge in [0.25, 0.3) is 5.76 Å². The summed E-state index contributed by atoms with van der Waals surface area (Å²) in [5.41, 5.74) is 0.920. The van der Waals surface area contributed by atoms with Crippen LogP contribution in [0.2, 0.25) is 0 Å². The molecule has 1 aromatic rings. The Morgan fingerprint density at radius 2 is 2.04 bits per heavy atom. The maximum absolute atomic E-state index is 12.3. The molecule has 23 heavy (non-hydrogen) atoms. The van der Waals surface area contributed by atoms with Gasteiger partial charge in [0.1, 0.15) is 0 Å². The van der Waals surface area contributed by atoms with Gasteiger partial charge < -0.3 is 5.32 Å². The fourth-order valence-electron chi connectivity index (χ4n) is 1.83. The SMILES string of the molecule is CC(C)/C=N\N=C1/NC(=O)[C@H](Cc2ccc(SC(F)F)cc2)S1. The molecule has 124 valence electrons. The molecule has 1 aromatic carbocycles.